The third-order valence-electron chi connectivity index (χ3n) is 3.40. The molecule has 20 heavy (non-hydrogen) atoms. The van der Waals surface area contributed by atoms with Gasteiger partial charge in [-0.25, -0.2) is 0 Å². The van der Waals surface area contributed by atoms with Crippen LogP contribution >= 0.6 is 21.5 Å². The van der Waals surface area contributed by atoms with Crippen LogP contribution in [0.15, 0.2) is 60.7 Å². The Morgan fingerprint density at radius 2 is 1.30 bits per heavy atom. The molecule has 106 valence electrons. The molecule has 0 N–H and O–H groups in total. The van der Waals surface area contributed by atoms with Gasteiger partial charge >= 0.3 is 0 Å². The van der Waals surface area contributed by atoms with Crippen LogP contribution in [0.3, 0.4) is 0 Å². The van der Waals surface area contributed by atoms with Gasteiger partial charge in [-0.15, -0.1) is 0 Å². The molecule has 1 nitrogen and oxygen atoms in total. The Kier molecular flexibility index (Phi) is 5.77. The Labute approximate surface area is 131 Å². The maximum absolute atomic E-state index is 4.14. The van der Waals surface area contributed by atoms with E-state index in [4.69, 9.17) is 0 Å². The van der Waals surface area contributed by atoms with Gasteiger partial charge in [-0.05, 0) is 44.8 Å². The topological polar surface area (TPSA) is 3.24 Å². The van der Waals surface area contributed by atoms with E-state index >= 15 is 0 Å². The summed E-state index contributed by atoms with van der Waals surface area (Å²) in [5.41, 5.74) is 0. The van der Waals surface area contributed by atoms with Gasteiger partial charge in [-0.2, -0.15) is 0 Å². The lowest BCUT2D eigenvalue weighted by Gasteiger charge is -2.20. The Balaban J connectivity index is 2.29. The number of nitrogens with zero attached hydrogens (tertiary/aromatic N) is 1. The lowest BCUT2D eigenvalue weighted by molar-refractivity contribution is 0.409. The molecule has 0 bridgehead atoms. The van der Waals surface area contributed by atoms with E-state index in [0.29, 0.717) is 0 Å². The van der Waals surface area contributed by atoms with E-state index < -0.39 is 5.96 Å². The zero-order valence-corrected chi connectivity index (χ0v) is 14.6. The molecule has 0 heterocycles. The fourth-order valence-corrected chi connectivity index (χ4v) is 7.19. The first-order valence-electron chi connectivity index (χ1n) is 6.96. The van der Waals surface area contributed by atoms with E-state index in [1.165, 1.54) is 23.2 Å². The lowest BCUT2D eigenvalue weighted by atomic mass is 10.4. The molecule has 2 aromatic carbocycles. The van der Waals surface area contributed by atoms with Crippen LogP contribution in [0.1, 0.15) is 6.42 Å². The Bertz CT molecular complexity index is 474. The Morgan fingerprint density at radius 3 is 1.70 bits per heavy atom. The van der Waals surface area contributed by atoms with Crippen molar-refractivity contribution in [1.29, 1.82) is 0 Å². The van der Waals surface area contributed by atoms with E-state index in [2.05, 4.69) is 95.1 Å². The number of hydrogen-bond acceptors (Lipinski definition) is 1. The van der Waals surface area contributed by atoms with E-state index in [1.54, 1.807) is 0 Å². The van der Waals surface area contributed by atoms with E-state index in [-0.39, 0.29) is 0 Å². The van der Waals surface area contributed by atoms with Crippen molar-refractivity contribution in [3.63, 3.8) is 0 Å². The van der Waals surface area contributed by atoms with Crippen LogP contribution in [0.5, 0.6) is 0 Å². The third kappa shape index (κ3) is 3.91. The maximum Gasteiger partial charge on any atom is 0.151 e. The molecular weight excluding hydrogens is 329 g/mol. The smallest absolute Gasteiger partial charge is 0.151 e. The van der Waals surface area contributed by atoms with Gasteiger partial charge in [0.15, 0.2) is 15.5 Å². The highest BCUT2D eigenvalue weighted by Gasteiger charge is 2.40. The number of benzene rings is 2. The van der Waals surface area contributed by atoms with Gasteiger partial charge in [-0.1, -0.05) is 36.4 Å². The quantitative estimate of drug-likeness (QED) is 0.713. The number of rotatable bonds is 6. The molecule has 0 amide bonds. The van der Waals surface area contributed by atoms with Crippen LogP contribution in [0.25, 0.3) is 0 Å². The molecule has 0 radical (unpaired) electrons. The second-order valence-electron chi connectivity index (χ2n) is 5.27. The molecule has 2 aromatic rings. The van der Waals surface area contributed by atoms with Crippen molar-refractivity contribution in [3.8, 4) is 0 Å². The molecule has 0 aliphatic heterocycles. The van der Waals surface area contributed by atoms with E-state index in [1.807, 2.05) is 0 Å². The molecule has 0 fully saturated rings. The maximum atomic E-state index is 4.14. The molecule has 0 aliphatic rings. The third-order valence-corrected chi connectivity index (χ3v) is 10.1. The summed E-state index contributed by atoms with van der Waals surface area (Å²) in [7, 11) is 4.28. The van der Waals surface area contributed by atoms with Gasteiger partial charge < -0.3 is 4.90 Å². The van der Waals surface area contributed by atoms with E-state index in [9.17, 15) is 0 Å². The predicted molar refractivity (Wildman–Crippen MR) is 96.0 cm³/mol. The number of hydrogen-bond donors (Lipinski definition) is 0. The fraction of sp³-hybridized carbons (Fsp3) is 0.294. The van der Waals surface area contributed by atoms with Crippen molar-refractivity contribution in [3.05, 3.63) is 60.7 Å². The molecular formula is C17H22BrNP+. The van der Waals surface area contributed by atoms with Crippen LogP contribution in [-0.4, -0.2) is 31.7 Å². The summed E-state index contributed by atoms with van der Waals surface area (Å²) in [5.74, 6) is -1.44. The molecule has 0 unspecified atom stereocenters. The first kappa shape index (κ1) is 15.7. The highest BCUT2D eigenvalue weighted by Crippen LogP contribution is 2.64. The molecule has 0 spiro atoms. The first-order valence-corrected chi connectivity index (χ1v) is 11.0. The first-order chi connectivity index (χ1) is 9.63. The van der Waals surface area contributed by atoms with Crippen molar-refractivity contribution < 1.29 is 0 Å². The average Bonchev–Trinajstić information content (AvgIpc) is 2.48. The van der Waals surface area contributed by atoms with Gasteiger partial charge in [0.05, 0.1) is 6.16 Å². The minimum Gasteiger partial charge on any atom is -0.309 e. The van der Waals surface area contributed by atoms with Crippen molar-refractivity contribution in [1.82, 2.24) is 4.90 Å². The monoisotopic (exact) mass is 350 g/mol. The van der Waals surface area contributed by atoms with Crippen molar-refractivity contribution in [2.24, 2.45) is 0 Å². The molecule has 0 atom stereocenters. The summed E-state index contributed by atoms with van der Waals surface area (Å²) in [6.07, 6.45) is 2.40. The van der Waals surface area contributed by atoms with Gasteiger partial charge in [0.1, 0.15) is 16.6 Å². The van der Waals surface area contributed by atoms with Crippen LogP contribution in [-0.2, 0) is 0 Å². The molecule has 0 saturated carbocycles. The summed E-state index contributed by atoms with van der Waals surface area (Å²) in [6.45, 7) is 1.13. The highest BCUT2D eigenvalue weighted by atomic mass is 79.9. The molecule has 0 aromatic heterocycles. The van der Waals surface area contributed by atoms with Crippen LogP contribution in [0.2, 0.25) is 0 Å². The molecule has 0 saturated heterocycles. The largest absolute Gasteiger partial charge is 0.309 e. The average molecular weight is 351 g/mol. The fourth-order valence-electron chi connectivity index (χ4n) is 2.34. The second kappa shape index (κ2) is 7.36. The standard InChI is InChI=1S/C17H22BrNP/c1-19(2)14-9-15-20(18,16-10-5-3-6-11-16)17-12-7-4-8-13-17/h3-8,10-13H,9,14-15H2,1-2H3/q+1. The summed E-state index contributed by atoms with van der Waals surface area (Å²) in [5, 5.41) is 2.87. The molecule has 0 aliphatic carbocycles. The Morgan fingerprint density at radius 1 is 0.850 bits per heavy atom. The second-order valence-corrected chi connectivity index (χ2v) is 11.8. The zero-order valence-electron chi connectivity index (χ0n) is 12.2. The van der Waals surface area contributed by atoms with Gasteiger partial charge in [0, 0.05) is 6.54 Å². The normalized spacial score (nSPS) is 11.8. The van der Waals surface area contributed by atoms with Gasteiger partial charge in [0.25, 0.3) is 0 Å². The molecule has 3 heteroatoms. The summed E-state index contributed by atoms with van der Waals surface area (Å²) in [4.78, 5) is 2.26. The summed E-state index contributed by atoms with van der Waals surface area (Å²) >= 11 is 4.14. The van der Waals surface area contributed by atoms with Crippen LogP contribution in [0, 0.1) is 0 Å². The minimum atomic E-state index is -1.44. The van der Waals surface area contributed by atoms with Gasteiger partial charge in [-0.3, -0.25) is 0 Å². The Hall–Kier alpha value is -0.690. The van der Waals surface area contributed by atoms with Gasteiger partial charge in [0.2, 0.25) is 0 Å². The lowest BCUT2D eigenvalue weighted by Crippen LogP contribution is -2.22. The summed E-state index contributed by atoms with van der Waals surface area (Å²) < 4.78 is 0. The zero-order chi connectivity index (χ0) is 14.4. The number of halogens is 1. The van der Waals surface area contributed by atoms with Crippen molar-refractivity contribution in [2.45, 2.75) is 6.42 Å². The summed E-state index contributed by atoms with van der Waals surface area (Å²) in [6, 6.07) is 21.8. The predicted octanol–water partition coefficient (Wildman–Crippen LogP) is 3.92. The minimum absolute atomic E-state index is 1.13. The highest BCUT2D eigenvalue weighted by molar-refractivity contribution is 9.43. The SMILES string of the molecule is CN(C)CCC[P+](Br)(c1ccccc1)c1ccccc1. The van der Waals surface area contributed by atoms with Crippen LogP contribution < -0.4 is 10.6 Å². The van der Waals surface area contributed by atoms with Crippen molar-refractivity contribution in [2.75, 3.05) is 26.8 Å². The van der Waals surface area contributed by atoms with Crippen molar-refractivity contribution >= 4 is 32.1 Å². The van der Waals surface area contributed by atoms with Crippen LogP contribution in [0.4, 0.5) is 0 Å². The van der Waals surface area contributed by atoms with E-state index in [0.717, 1.165) is 6.54 Å². The molecule has 2 rings (SSSR count).